The molecule has 2 fully saturated rings. The smallest absolute Gasteiger partial charge is 0.308 e. The highest BCUT2D eigenvalue weighted by molar-refractivity contribution is 7.99. The van der Waals surface area contributed by atoms with Crippen LogP contribution in [0.25, 0.3) is 10.9 Å². The summed E-state index contributed by atoms with van der Waals surface area (Å²) in [5.41, 5.74) is 0.791. The Hall–Kier alpha value is -1.90. The zero-order valence-corrected chi connectivity index (χ0v) is 19.9. The number of carbonyl (C=O) groups is 1. The molecule has 1 saturated carbocycles. The number of piperidine rings is 1. The maximum absolute atomic E-state index is 14.7. The lowest BCUT2D eigenvalue weighted by Crippen LogP contribution is -2.44. The van der Waals surface area contributed by atoms with Crippen molar-refractivity contribution in [3.63, 3.8) is 0 Å². The molecule has 2 aliphatic rings. The monoisotopic (exact) mass is 476 g/mol. The van der Waals surface area contributed by atoms with E-state index in [0.29, 0.717) is 36.0 Å². The Morgan fingerprint density at radius 2 is 2.18 bits per heavy atom. The number of carboxylic acids is 1. The number of halogens is 1. The summed E-state index contributed by atoms with van der Waals surface area (Å²) in [6.07, 6.45) is 5.69. The Bertz CT molecular complexity index is 971. The van der Waals surface area contributed by atoms with Crippen molar-refractivity contribution in [2.24, 2.45) is 11.8 Å². The molecule has 1 aliphatic heterocycles. The van der Waals surface area contributed by atoms with Gasteiger partial charge in [-0.15, -0.1) is 0 Å². The van der Waals surface area contributed by atoms with Crippen LogP contribution in [0.4, 0.5) is 4.39 Å². The lowest BCUT2D eigenvalue weighted by molar-refractivity contribution is -0.146. The van der Waals surface area contributed by atoms with E-state index >= 15 is 0 Å². The van der Waals surface area contributed by atoms with Gasteiger partial charge in [-0.3, -0.25) is 9.78 Å². The van der Waals surface area contributed by atoms with Gasteiger partial charge in [-0.25, -0.2) is 4.39 Å². The molecule has 0 radical (unpaired) electrons. The van der Waals surface area contributed by atoms with E-state index in [2.05, 4.69) is 9.88 Å². The standard InChI is InChI=1S/C25H33FN2O4S/c1-32-17-6-7-22-19(13-17)24(21(26)14-27-22)23(29)8-5-16-9-10-28(15-20(16)25(30)31)11-12-33-18-3-2-4-18/h6-7,13-14,16,18,20,23,29H,2-5,8-12,15H2,1H3,(H,30,31)/t16-,20+,23-/m0/s1. The van der Waals surface area contributed by atoms with Crippen LogP contribution >= 0.6 is 11.8 Å². The van der Waals surface area contributed by atoms with Crippen LogP contribution in [0, 0.1) is 17.7 Å². The minimum Gasteiger partial charge on any atom is -0.497 e. The number of methoxy groups -OCH3 is 1. The lowest BCUT2D eigenvalue weighted by atomic mass is 9.81. The largest absolute Gasteiger partial charge is 0.497 e. The highest BCUT2D eigenvalue weighted by Gasteiger charge is 2.34. The van der Waals surface area contributed by atoms with E-state index in [0.717, 1.165) is 36.7 Å². The molecule has 0 bridgehead atoms. The van der Waals surface area contributed by atoms with Gasteiger partial charge in [0.25, 0.3) is 0 Å². The number of aliphatic hydroxyl groups excluding tert-OH is 1. The number of aliphatic carboxylic acids is 1. The number of hydrogen-bond acceptors (Lipinski definition) is 6. The summed E-state index contributed by atoms with van der Waals surface area (Å²) in [5, 5.41) is 22.1. The third-order valence-corrected chi connectivity index (χ3v) is 8.54. The molecule has 2 heterocycles. The number of aliphatic hydroxyl groups is 1. The molecule has 3 atom stereocenters. The number of ether oxygens (including phenoxy) is 1. The number of hydrogen-bond donors (Lipinski definition) is 2. The van der Waals surface area contributed by atoms with Crippen molar-refractivity contribution in [3.8, 4) is 5.75 Å². The first-order valence-corrected chi connectivity index (χ1v) is 12.9. The molecule has 0 spiro atoms. The second-order valence-electron chi connectivity index (χ2n) is 9.21. The Morgan fingerprint density at radius 1 is 1.36 bits per heavy atom. The predicted octanol–water partition coefficient (Wildman–Crippen LogP) is 4.50. The summed E-state index contributed by atoms with van der Waals surface area (Å²) in [5.74, 6) is -0.208. The number of benzene rings is 1. The van der Waals surface area contributed by atoms with Crippen molar-refractivity contribution in [2.45, 2.75) is 49.9 Å². The molecular weight excluding hydrogens is 443 g/mol. The average molecular weight is 477 g/mol. The van der Waals surface area contributed by atoms with Crippen LogP contribution in [0.5, 0.6) is 5.75 Å². The molecule has 1 aromatic heterocycles. The SMILES string of the molecule is COc1ccc2ncc(F)c([C@@H](O)CC[C@H]3CCN(CCSC4CCC4)C[C@H]3C(=O)O)c2c1. The van der Waals surface area contributed by atoms with Gasteiger partial charge in [0.15, 0.2) is 0 Å². The van der Waals surface area contributed by atoms with E-state index in [-0.39, 0.29) is 11.5 Å². The zero-order valence-electron chi connectivity index (χ0n) is 19.1. The Balaban J connectivity index is 1.37. The summed E-state index contributed by atoms with van der Waals surface area (Å²) < 4.78 is 19.9. The van der Waals surface area contributed by atoms with Gasteiger partial charge in [0, 0.05) is 35.0 Å². The predicted molar refractivity (Wildman–Crippen MR) is 128 cm³/mol. The highest BCUT2D eigenvalue weighted by Crippen LogP contribution is 2.35. The van der Waals surface area contributed by atoms with Crippen LogP contribution in [0.2, 0.25) is 0 Å². The second-order valence-corrected chi connectivity index (χ2v) is 10.6. The Labute approximate surface area is 198 Å². The summed E-state index contributed by atoms with van der Waals surface area (Å²) in [7, 11) is 1.54. The van der Waals surface area contributed by atoms with E-state index < -0.39 is 23.8 Å². The molecule has 180 valence electrons. The minimum atomic E-state index is -1.03. The molecule has 0 amide bonds. The summed E-state index contributed by atoms with van der Waals surface area (Å²) in [4.78, 5) is 18.4. The lowest BCUT2D eigenvalue weighted by Gasteiger charge is -2.37. The topological polar surface area (TPSA) is 82.9 Å². The Kier molecular flexibility index (Phi) is 8.09. The van der Waals surface area contributed by atoms with Crippen LogP contribution in [0.1, 0.15) is 50.2 Å². The van der Waals surface area contributed by atoms with Crippen molar-refractivity contribution in [1.82, 2.24) is 9.88 Å². The first-order valence-electron chi connectivity index (χ1n) is 11.8. The van der Waals surface area contributed by atoms with Crippen molar-refractivity contribution >= 4 is 28.6 Å². The minimum absolute atomic E-state index is 0.0293. The van der Waals surface area contributed by atoms with E-state index in [1.54, 1.807) is 18.2 Å². The second kappa shape index (κ2) is 11.0. The van der Waals surface area contributed by atoms with Gasteiger partial charge in [-0.2, -0.15) is 11.8 Å². The number of pyridine rings is 1. The molecule has 4 rings (SSSR count). The van der Waals surface area contributed by atoms with Gasteiger partial charge in [-0.05, 0) is 62.8 Å². The third-order valence-electron chi connectivity index (χ3n) is 7.18. The molecule has 1 aromatic carbocycles. The van der Waals surface area contributed by atoms with Crippen molar-refractivity contribution < 1.29 is 24.1 Å². The van der Waals surface area contributed by atoms with Crippen LogP contribution in [-0.2, 0) is 4.79 Å². The van der Waals surface area contributed by atoms with E-state index in [1.165, 1.54) is 26.4 Å². The number of rotatable bonds is 10. The van der Waals surface area contributed by atoms with Gasteiger partial charge >= 0.3 is 5.97 Å². The fourth-order valence-electron chi connectivity index (χ4n) is 4.93. The quantitative estimate of drug-likeness (QED) is 0.522. The molecule has 2 aromatic rings. The van der Waals surface area contributed by atoms with Crippen LogP contribution in [-0.4, -0.2) is 63.8 Å². The maximum Gasteiger partial charge on any atom is 0.308 e. The van der Waals surface area contributed by atoms with Gasteiger partial charge < -0.3 is 19.8 Å². The van der Waals surface area contributed by atoms with E-state index in [9.17, 15) is 19.4 Å². The number of thioether (sulfide) groups is 1. The number of aromatic nitrogens is 1. The molecule has 2 N–H and O–H groups in total. The van der Waals surface area contributed by atoms with Crippen LogP contribution in [0.15, 0.2) is 24.4 Å². The summed E-state index contributed by atoms with van der Waals surface area (Å²) in [6.45, 7) is 2.35. The van der Waals surface area contributed by atoms with Gasteiger partial charge in [0.2, 0.25) is 0 Å². The van der Waals surface area contributed by atoms with E-state index in [1.807, 2.05) is 11.8 Å². The average Bonchev–Trinajstić information content (AvgIpc) is 2.78. The van der Waals surface area contributed by atoms with Gasteiger partial charge in [0.1, 0.15) is 11.6 Å². The Morgan fingerprint density at radius 3 is 2.88 bits per heavy atom. The summed E-state index contributed by atoms with van der Waals surface area (Å²) in [6, 6.07) is 5.17. The highest BCUT2D eigenvalue weighted by atomic mass is 32.2. The molecule has 1 aliphatic carbocycles. The van der Waals surface area contributed by atoms with E-state index in [4.69, 9.17) is 4.74 Å². The number of fused-ring (bicyclic) bond motifs is 1. The van der Waals surface area contributed by atoms with Crippen molar-refractivity contribution in [2.75, 3.05) is 32.5 Å². The molecule has 0 unspecified atom stereocenters. The molecule has 1 saturated heterocycles. The molecule has 33 heavy (non-hydrogen) atoms. The van der Waals surface area contributed by atoms with Gasteiger partial charge in [0.05, 0.1) is 30.8 Å². The molecule has 6 nitrogen and oxygen atoms in total. The maximum atomic E-state index is 14.7. The van der Waals surface area contributed by atoms with Crippen molar-refractivity contribution in [3.05, 3.63) is 35.8 Å². The zero-order chi connectivity index (χ0) is 23.4. The third kappa shape index (κ3) is 5.78. The number of nitrogens with zero attached hydrogens (tertiary/aromatic N) is 2. The van der Waals surface area contributed by atoms with Crippen LogP contribution < -0.4 is 4.74 Å². The molecular formula is C25H33FN2O4S. The number of carboxylic acid groups (broad SMARTS) is 1. The van der Waals surface area contributed by atoms with Crippen molar-refractivity contribution in [1.29, 1.82) is 0 Å². The first kappa shape index (κ1) is 24.2. The van der Waals surface area contributed by atoms with Gasteiger partial charge in [-0.1, -0.05) is 6.42 Å². The fourth-order valence-corrected chi connectivity index (χ4v) is 6.30. The number of likely N-dealkylation sites (tertiary alicyclic amines) is 1. The summed E-state index contributed by atoms with van der Waals surface area (Å²) >= 11 is 2.01. The molecule has 8 heteroatoms. The first-order chi connectivity index (χ1) is 16.0. The fraction of sp³-hybridized carbons (Fsp3) is 0.600. The normalized spacial score (nSPS) is 22.8. The van der Waals surface area contributed by atoms with Crippen LogP contribution in [0.3, 0.4) is 0 Å².